The van der Waals surface area contributed by atoms with Crippen LogP contribution < -0.4 is 5.32 Å². The highest BCUT2D eigenvalue weighted by Crippen LogP contribution is 2.34. The van der Waals surface area contributed by atoms with Gasteiger partial charge in [0.15, 0.2) is 0 Å². The Balaban J connectivity index is 0.000000882. The van der Waals surface area contributed by atoms with Crippen molar-refractivity contribution in [3.8, 4) is 22.6 Å². The van der Waals surface area contributed by atoms with E-state index in [2.05, 4.69) is 33.5 Å². The minimum absolute atomic E-state index is 0. The Morgan fingerprint density at radius 3 is 2.50 bits per heavy atom. The standard InChI is InChI=1S/C16H16N4.ClH.H2O/c1-10-18-14-9-13(11-5-3-2-4-6-11)20-16(14)15(19-10)12-7-8-17-12;;/h2-6,9,12,17H,7-8H2,1H3,(H,18,19);1H;1H2. The molecule has 1 saturated heterocycles. The first kappa shape index (κ1) is 16.4. The van der Waals surface area contributed by atoms with Crippen LogP contribution in [0.15, 0.2) is 36.4 Å². The summed E-state index contributed by atoms with van der Waals surface area (Å²) in [5, 5.41) is 3.41. The van der Waals surface area contributed by atoms with Gasteiger partial charge in [0, 0.05) is 5.56 Å². The maximum absolute atomic E-state index is 4.79. The summed E-state index contributed by atoms with van der Waals surface area (Å²) >= 11 is 0. The second kappa shape index (κ2) is 6.44. The molecule has 116 valence electrons. The molecular weight excluding hydrogens is 300 g/mol. The van der Waals surface area contributed by atoms with E-state index in [4.69, 9.17) is 4.98 Å². The Bertz CT molecular complexity index is 725. The summed E-state index contributed by atoms with van der Waals surface area (Å²) in [6.07, 6.45) is 1.14. The third-order valence-electron chi connectivity index (χ3n) is 3.84. The number of aryl methyl sites for hydroxylation is 1. The molecule has 3 aliphatic heterocycles. The van der Waals surface area contributed by atoms with Crippen LogP contribution in [0.5, 0.6) is 0 Å². The van der Waals surface area contributed by atoms with Crippen LogP contribution in [-0.4, -0.2) is 27.0 Å². The molecule has 0 aliphatic carbocycles. The van der Waals surface area contributed by atoms with E-state index in [0.29, 0.717) is 6.04 Å². The Kier molecular flexibility index (Phi) is 4.81. The minimum atomic E-state index is 0. The average Bonchev–Trinajstić information content (AvgIpc) is 2.81. The van der Waals surface area contributed by atoms with Gasteiger partial charge in [-0.05, 0) is 26.0 Å². The van der Waals surface area contributed by atoms with Crippen LogP contribution in [0.1, 0.15) is 24.0 Å². The number of aromatic amines is 1. The third-order valence-corrected chi connectivity index (χ3v) is 3.84. The van der Waals surface area contributed by atoms with Gasteiger partial charge in [-0.25, -0.2) is 9.97 Å². The van der Waals surface area contributed by atoms with Crippen molar-refractivity contribution in [1.82, 2.24) is 20.3 Å². The predicted octanol–water partition coefficient (Wildman–Crippen LogP) is 2.52. The molecule has 5 nitrogen and oxygen atoms in total. The smallest absolute Gasteiger partial charge is 0.110 e. The average molecular weight is 319 g/mol. The molecule has 1 atom stereocenters. The number of rotatable bonds is 2. The van der Waals surface area contributed by atoms with E-state index in [1.807, 2.05) is 25.1 Å². The lowest BCUT2D eigenvalue weighted by Crippen LogP contribution is -2.36. The summed E-state index contributed by atoms with van der Waals surface area (Å²) in [4.78, 5) is 12.8. The number of fused-ring (bicyclic) bond motifs is 1. The summed E-state index contributed by atoms with van der Waals surface area (Å²) in [6, 6.07) is 12.7. The van der Waals surface area contributed by atoms with E-state index in [-0.39, 0.29) is 17.9 Å². The molecule has 6 heteroatoms. The van der Waals surface area contributed by atoms with Crippen molar-refractivity contribution in [1.29, 1.82) is 0 Å². The fraction of sp³-hybridized carbons (Fsp3) is 0.250. The minimum Gasteiger partial charge on any atom is -0.412 e. The molecule has 0 radical (unpaired) electrons. The van der Waals surface area contributed by atoms with Gasteiger partial charge in [0.1, 0.15) is 11.5 Å². The van der Waals surface area contributed by atoms with Crippen molar-refractivity contribution in [3.63, 3.8) is 0 Å². The van der Waals surface area contributed by atoms with E-state index in [9.17, 15) is 0 Å². The van der Waals surface area contributed by atoms with Crippen molar-refractivity contribution in [2.24, 2.45) is 0 Å². The lowest BCUT2D eigenvalue weighted by atomic mass is 10.0. The van der Waals surface area contributed by atoms with Gasteiger partial charge < -0.3 is 15.8 Å². The summed E-state index contributed by atoms with van der Waals surface area (Å²) < 4.78 is 0. The summed E-state index contributed by atoms with van der Waals surface area (Å²) in [6.45, 7) is 3.06. The molecule has 0 saturated carbocycles. The first-order chi connectivity index (χ1) is 9.81. The molecule has 4 N–H and O–H groups in total. The molecule has 1 aromatic rings. The predicted molar refractivity (Wildman–Crippen MR) is 89.4 cm³/mol. The zero-order chi connectivity index (χ0) is 13.5. The zero-order valence-corrected chi connectivity index (χ0v) is 13.1. The lowest BCUT2D eigenvalue weighted by Gasteiger charge is -2.28. The van der Waals surface area contributed by atoms with Gasteiger partial charge in [-0.1, -0.05) is 30.3 Å². The first-order valence-corrected chi connectivity index (χ1v) is 6.97. The van der Waals surface area contributed by atoms with Gasteiger partial charge in [0.05, 0.1) is 23.1 Å². The molecule has 1 fully saturated rings. The molecule has 0 amide bonds. The number of aromatic nitrogens is 3. The molecule has 0 bridgehead atoms. The van der Waals surface area contributed by atoms with Crippen LogP contribution in [-0.2, 0) is 0 Å². The Morgan fingerprint density at radius 1 is 1.14 bits per heavy atom. The summed E-state index contributed by atoms with van der Waals surface area (Å²) in [5.41, 5.74) is 5.28. The van der Waals surface area contributed by atoms with Crippen LogP contribution in [0.2, 0.25) is 0 Å². The van der Waals surface area contributed by atoms with E-state index < -0.39 is 0 Å². The number of hydrogen-bond acceptors (Lipinski definition) is 3. The largest absolute Gasteiger partial charge is 0.412 e. The van der Waals surface area contributed by atoms with E-state index in [1.54, 1.807) is 0 Å². The van der Waals surface area contributed by atoms with Gasteiger partial charge >= 0.3 is 0 Å². The highest BCUT2D eigenvalue weighted by molar-refractivity contribution is 5.85. The molecule has 4 rings (SSSR count). The number of nitrogens with one attached hydrogen (secondary N) is 2. The van der Waals surface area contributed by atoms with E-state index in [1.165, 1.54) is 0 Å². The SMILES string of the molecule is Cc1nc(C2CCN2)c2nc(-c3ccccc3)cc-2[nH]1.Cl.O. The first-order valence-electron chi connectivity index (χ1n) is 6.97. The quantitative estimate of drug-likeness (QED) is 0.761. The normalized spacial score (nSPS) is 16.5. The Morgan fingerprint density at radius 2 is 1.86 bits per heavy atom. The molecule has 3 heterocycles. The second-order valence-electron chi connectivity index (χ2n) is 5.27. The fourth-order valence-corrected chi connectivity index (χ4v) is 2.69. The number of hydrogen-bond donors (Lipinski definition) is 2. The lowest BCUT2D eigenvalue weighted by molar-refractivity contribution is 0.374. The van der Waals surface area contributed by atoms with Gasteiger partial charge in [0.25, 0.3) is 0 Å². The van der Waals surface area contributed by atoms with Crippen LogP contribution in [0.25, 0.3) is 22.6 Å². The molecule has 3 aliphatic rings. The van der Waals surface area contributed by atoms with Gasteiger partial charge in [-0.2, -0.15) is 0 Å². The fourth-order valence-electron chi connectivity index (χ4n) is 2.69. The van der Waals surface area contributed by atoms with E-state index >= 15 is 0 Å². The topological polar surface area (TPSA) is 85.1 Å². The monoisotopic (exact) mass is 318 g/mol. The van der Waals surface area contributed by atoms with Crippen LogP contribution >= 0.6 is 12.4 Å². The van der Waals surface area contributed by atoms with Crippen molar-refractivity contribution in [2.45, 2.75) is 19.4 Å². The van der Waals surface area contributed by atoms with Gasteiger partial charge in [0.2, 0.25) is 0 Å². The second-order valence-corrected chi connectivity index (χ2v) is 5.27. The van der Waals surface area contributed by atoms with Gasteiger partial charge in [-0.3, -0.25) is 0 Å². The van der Waals surface area contributed by atoms with Crippen LogP contribution in [0, 0.1) is 6.92 Å². The third kappa shape index (κ3) is 2.70. The Labute approximate surface area is 135 Å². The molecular formula is C16H19ClN4O. The van der Waals surface area contributed by atoms with Crippen LogP contribution in [0.4, 0.5) is 0 Å². The molecule has 1 aromatic carbocycles. The molecule has 0 aromatic heterocycles. The summed E-state index contributed by atoms with van der Waals surface area (Å²) in [5.74, 6) is 0.938. The van der Waals surface area contributed by atoms with Gasteiger partial charge in [-0.15, -0.1) is 12.4 Å². The number of halogens is 1. The number of H-pyrrole nitrogens is 1. The molecule has 22 heavy (non-hydrogen) atoms. The Hall–Kier alpha value is -1.95. The highest BCUT2D eigenvalue weighted by atomic mass is 35.5. The highest BCUT2D eigenvalue weighted by Gasteiger charge is 2.27. The van der Waals surface area contributed by atoms with Crippen LogP contribution in [0.3, 0.4) is 0 Å². The van der Waals surface area contributed by atoms with Crippen molar-refractivity contribution >= 4 is 12.4 Å². The van der Waals surface area contributed by atoms with Crippen molar-refractivity contribution in [3.05, 3.63) is 47.9 Å². The molecule has 1 unspecified atom stereocenters. The maximum atomic E-state index is 4.79. The molecule has 0 spiro atoms. The number of nitrogens with zero attached hydrogens (tertiary/aromatic N) is 2. The van der Waals surface area contributed by atoms with Crippen molar-refractivity contribution < 1.29 is 5.48 Å². The summed E-state index contributed by atoms with van der Waals surface area (Å²) in [7, 11) is 0. The zero-order valence-electron chi connectivity index (χ0n) is 12.3. The number of benzene rings is 1. The maximum Gasteiger partial charge on any atom is 0.110 e. The van der Waals surface area contributed by atoms with Crippen molar-refractivity contribution in [2.75, 3.05) is 6.54 Å². The van der Waals surface area contributed by atoms with E-state index in [0.717, 1.165) is 47.1 Å².